The smallest absolute Gasteiger partial charge is 0.249 e. The number of nitrogens with one attached hydrogen (secondary N) is 1. The molecule has 29 heavy (non-hydrogen) atoms. The van der Waals surface area contributed by atoms with Gasteiger partial charge in [0.05, 0.1) is 0 Å². The predicted molar refractivity (Wildman–Crippen MR) is 104 cm³/mol. The third-order valence-corrected chi connectivity index (χ3v) is 5.45. The largest absolute Gasteiger partial charge is 0.454 e. The number of carbonyl (C=O) groups is 1. The molecular weight excluding hydrogens is 370 g/mol. The second kappa shape index (κ2) is 7.58. The van der Waals surface area contributed by atoms with Crippen LogP contribution in [0, 0.1) is 5.92 Å². The zero-order valence-electron chi connectivity index (χ0n) is 15.8. The van der Waals surface area contributed by atoms with Crippen molar-refractivity contribution in [3.05, 3.63) is 60.0 Å². The van der Waals surface area contributed by atoms with Crippen LogP contribution in [0.15, 0.2) is 53.1 Å². The molecule has 1 aliphatic heterocycles. The molecule has 0 bridgehead atoms. The normalized spacial score (nSPS) is 16.3. The predicted octanol–water partition coefficient (Wildman–Crippen LogP) is 3.67. The van der Waals surface area contributed by atoms with E-state index in [2.05, 4.69) is 15.5 Å². The number of carbonyl (C=O) groups excluding carboxylic acids is 1. The van der Waals surface area contributed by atoms with E-state index in [0.29, 0.717) is 29.6 Å². The molecule has 0 unspecified atom stereocenters. The molecular formula is C22H21N3O4. The highest BCUT2D eigenvalue weighted by Gasteiger charge is 2.29. The van der Waals surface area contributed by atoms with Gasteiger partial charge in [-0.1, -0.05) is 41.9 Å². The summed E-state index contributed by atoms with van der Waals surface area (Å²) in [5.41, 5.74) is 1.86. The molecule has 0 spiro atoms. The molecule has 1 atom stereocenters. The van der Waals surface area contributed by atoms with Gasteiger partial charge in [-0.05, 0) is 36.6 Å². The molecule has 1 amide bonds. The van der Waals surface area contributed by atoms with Crippen molar-refractivity contribution in [1.29, 1.82) is 0 Å². The van der Waals surface area contributed by atoms with Crippen molar-refractivity contribution in [2.24, 2.45) is 5.92 Å². The summed E-state index contributed by atoms with van der Waals surface area (Å²) in [7, 11) is 0. The zero-order valence-corrected chi connectivity index (χ0v) is 15.8. The van der Waals surface area contributed by atoms with Crippen LogP contribution in [0.4, 0.5) is 0 Å². The lowest BCUT2D eigenvalue weighted by atomic mass is 9.84. The van der Waals surface area contributed by atoms with Gasteiger partial charge in [0.15, 0.2) is 11.5 Å². The van der Waals surface area contributed by atoms with Gasteiger partial charge in [0.2, 0.25) is 24.4 Å². The molecule has 0 radical (unpaired) electrons. The summed E-state index contributed by atoms with van der Waals surface area (Å²) < 4.78 is 16.3. The van der Waals surface area contributed by atoms with Gasteiger partial charge in [-0.25, -0.2) is 0 Å². The third kappa shape index (κ3) is 3.68. The number of aromatic nitrogens is 2. The average Bonchev–Trinajstić information content (AvgIpc) is 3.36. The van der Waals surface area contributed by atoms with E-state index in [4.69, 9.17) is 14.0 Å². The first-order valence-electron chi connectivity index (χ1n) is 9.84. The minimum absolute atomic E-state index is 0.0556. The highest BCUT2D eigenvalue weighted by molar-refractivity contribution is 5.79. The molecule has 1 saturated carbocycles. The molecule has 2 aromatic carbocycles. The lowest BCUT2D eigenvalue weighted by molar-refractivity contribution is -0.128. The van der Waals surface area contributed by atoms with Gasteiger partial charge in [-0.3, -0.25) is 4.79 Å². The average molecular weight is 391 g/mol. The van der Waals surface area contributed by atoms with Crippen LogP contribution < -0.4 is 14.8 Å². The summed E-state index contributed by atoms with van der Waals surface area (Å²) in [5.74, 6) is 2.35. The topological polar surface area (TPSA) is 86.5 Å². The minimum Gasteiger partial charge on any atom is -0.454 e. The lowest BCUT2D eigenvalue weighted by Crippen LogP contribution is -2.37. The maximum Gasteiger partial charge on any atom is 0.249 e. The third-order valence-electron chi connectivity index (χ3n) is 5.45. The molecule has 1 aromatic heterocycles. The maximum atomic E-state index is 12.6. The fraction of sp³-hybridized carbons (Fsp3) is 0.318. The molecule has 5 rings (SSSR count). The van der Waals surface area contributed by atoms with E-state index in [1.807, 2.05) is 48.5 Å². The number of ether oxygens (including phenoxy) is 2. The quantitative estimate of drug-likeness (QED) is 0.690. The number of benzene rings is 2. The first kappa shape index (κ1) is 17.7. The van der Waals surface area contributed by atoms with Crippen molar-refractivity contribution < 1.29 is 18.8 Å². The maximum absolute atomic E-state index is 12.6. The van der Waals surface area contributed by atoms with Gasteiger partial charge in [0.25, 0.3) is 0 Å². The fourth-order valence-corrected chi connectivity index (χ4v) is 3.54. The van der Waals surface area contributed by atoms with Gasteiger partial charge >= 0.3 is 0 Å². The Morgan fingerprint density at radius 2 is 1.93 bits per heavy atom. The summed E-state index contributed by atoms with van der Waals surface area (Å²) in [6.07, 6.45) is 3.57. The molecule has 7 heteroatoms. The van der Waals surface area contributed by atoms with Crippen LogP contribution >= 0.6 is 0 Å². The monoisotopic (exact) mass is 391 g/mol. The standard InChI is InChI=1S/C22H21N3O4/c26-21(15-7-4-8-15)23-17(11-14-5-2-1-3-6-14)22-24-20(25-29-22)16-9-10-18-19(12-16)28-13-27-18/h1-3,5-6,9-10,12,15,17H,4,7-8,11,13H2,(H,23,26)/t17-/m0/s1. The van der Waals surface area contributed by atoms with E-state index < -0.39 is 0 Å². The Labute approximate surface area is 168 Å². The van der Waals surface area contributed by atoms with Crippen LogP contribution in [-0.4, -0.2) is 22.8 Å². The van der Waals surface area contributed by atoms with Crippen molar-refractivity contribution in [1.82, 2.24) is 15.5 Å². The van der Waals surface area contributed by atoms with E-state index in [1.165, 1.54) is 0 Å². The Morgan fingerprint density at radius 3 is 2.72 bits per heavy atom. The second-order valence-corrected chi connectivity index (χ2v) is 7.40. The van der Waals surface area contributed by atoms with Crippen LogP contribution in [0.1, 0.15) is 36.8 Å². The van der Waals surface area contributed by atoms with Gasteiger partial charge in [0, 0.05) is 17.9 Å². The Kier molecular flexibility index (Phi) is 4.63. The highest BCUT2D eigenvalue weighted by atomic mass is 16.7. The highest BCUT2D eigenvalue weighted by Crippen LogP contribution is 2.35. The Morgan fingerprint density at radius 1 is 1.10 bits per heavy atom. The van der Waals surface area contributed by atoms with E-state index in [1.54, 1.807) is 0 Å². The van der Waals surface area contributed by atoms with Gasteiger partial charge in [0.1, 0.15) is 6.04 Å². The molecule has 2 aliphatic rings. The number of rotatable bonds is 6. The summed E-state index contributed by atoms with van der Waals surface area (Å²) in [6, 6.07) is 15.1. The van der Waals surface area contributed by atoms with Gasteiger partial charge in [-0.15, -0.1) is 0 Å². The number of amides is 1. The summed E-state index contributed by atoms with van der Waals surface area (Å²) >= 11 is 0. The molecule has 1 aliphatic carbocycles. The molecule has 2 heterocycles. The molecule has 3 aromatic rings. The summed E-state index contributed by atoms with van der Waals surface area (Å²) in [4.78, 5) is 17.1. The van der Waals surface area contributed by atoms with Crippen molar-refractivity contribution in [2.75, 3.05) is 6.79 Å². The van der Waals surface area contributed by atoms with Gasteiger partial charge < -0.3 is 19.3 Å². The molecule has 148 valence electrons. The lowest BCUT2D eigenvalue weighted by Gasteiger charge is -2.26. The Balaban J connectivity index is 1.40. The Hall–Kier alpha value is -3.35. The van der Waals surface area contributed by atoms with Crippen LogP contribution in [0.25, 0.3) is 11.4 Å². The molecule has 1 fully saturated rings. The van der Waals surface area contributed by atoms with E-state index in [-0.39, 0.29) is 24.7 Å². The SMILES string of the molecule is O=C(N[C@@H](Cc1ccccc1)c1nc(-c2ccc3c(c2)OCO3)no1)C1CCC1. The Bertz CT molecular complexity index is 1010. The fourth-order valence-electron chi connectivity index (χ4n) is 3.54. The number of nitrogens with zero attached hydrogens (tertiary/aromatic N) is 2. The van der Waals surface area contributed by atoms with Crippen molar-refractivity contribution in [3.63, 3.8) is 0 Å². The zero-order chi connectivity index (χ0) is 19.6. The van der Waals surface area contributed by atoms with Crippen LogP contribution in [0.2, 0.25) is 0 Å². The second-order valence-electron chi connectivity index (χ2n) is 7.40. The first-order valence-corrected chi connectivity index (χ1v) is 9.84. The first-order chi connectivity index (χ1) is 14.3. The van der Waals surface area contributed by atoms with Crippen LogP contribution in [0.3, 0.4) is 0 Å². The molecule has 1 N–H and O–H groups in total. The van der Waals surface area contributed by atoms with Crippen molar-refractivity contribution in [2.45, 2.75) is 31.7 Å². The molecule has 0 saturated heterocycles. The summed E-state index contributed by atoms with van der Waals surface area (Å²) in [5, 5.41) is 7.24. The van der Waals surface area contributed by atoms with Crippen molar-refractivity contribution in [3.8, 4) is 22.9 Å². The minimum atomic E-state index is -0.374. The number of hydrogen-bond acceptors (Lipinski definition) is 6. The number of hydrogen-bond donors (Lipinski definition) is 1. The van der Waals surface area contributed by atoms with Crippen molar-refractivity contribution >= 4 is 5.91 Å². The van der Waals surface area contributed by atoms with Crippen LogP contribution in [0.5, 0.6) is 11.5 Å². The van der Waals surface area contributed by atoms with Crippen LogP contribution in [-0.2, 0) is 11.2 Å². The summed E-state index contributed by atoms with van der Waals surface area (Å²) in [6.45, 7) is 0.211. The van der Waals surface area contributed by atoms with Gasteiger partial charge in [-0.2, -0.15) is 4.98 Å². The molecule has 7 nitrogen and oxygen atoms in total. The van der Waals surface area contributed by atoms with E-state index >= 15 is 0 Å². The van der Waals surface area contributed by atoms with E-state index in [0.717, 1.165) is 30.4 Å². The van der Waals surface area contributed by atoms with E-state index in [9.17, 15) is 4.79 Å². The number of fused-ring (bicyclic) bond motifs is 1.